The van der Waals surface area contributed by atoms with Crippen LogP contribution >= 0.6 is 0 Å². The maximum absolute atomic E-state index is 12.4. The molecule has 2 aromatic rings. The average Bonchev–Trinajstić information content (AvgIpc) is 3.50. The van der Waals surface area contributed by atoms with E-state index < -0.39 is 6.10 Å². The molecule has 27 heavy (non-hydrogen) atoms. The molecule has 2 fully saturated rings. The Hall–Kier alpha value is -2.33. The topological polar surface area (TPSA) is 48.1 Å². The van der Waals surface area contributed by atoms with E-state index >= 15 is 0 Å². The van der Waals surface area contributed by atoms with Gasteiger partial charge in [0, 0.05) is 5.56 Å². The second-order valence-electron chi connectivity index (χ2n) is 7.50. The summed E-state index contributed by atoms with van der Waals surface area (Å²) in [5.41, 5.74) is 4.29. The molecule has 1 heterocycles. The number of esters is 1. The van der Waals surface area contributed by atoms with Gasteiger partial charge >= 0.3 is 5.97 Å². The Kier molecular flexibility index (Phi) is 5.17. The van der Waals surface area contributed by atoms with Crippen LogP contribution in [0.15, 0.2) is 42.5 Å². The largest absolute Gasteiger partial charge is 0.496 e. The summed E-state index contributed by atoms with van der Waals surface area (Å²) < 4.78 is 16.9. The van der Waals surface area contributed by atoms with Gasteiger partial charge in [0.1, 0.15) is 18.0 Å². The monoisotopic (exact) mass is 366 g/mol. The SMILES string of the molecule is COc1ccc(C2OC2C(=O)OC2CCCCC2)cc1-c1ccc(C)cc1. The number of benzene rings is 2. The molecular weight excluding hydrogens is 340 g/mol. The number of methoxy groups -OCH3 is 1. The van der Waals surface area contributed by atoms with Crippen LogP contribution in [0.25, 0.3) is 11.1 Å². The summed E-state index contributed by atoms with van der Waals surface area (Å²) in [6, 6.07) is 14.3. The highest BCUT2D eigenvalue weighted by molar-refractivity contribution is 5.79. The first-order valence-electron chi connectivity index (χ1n) is 9.76. The van der Waals surface area contributed by atoms with Crippen molar-refractivity contribution in [2.24, 2.45) is 0 Å². The molecule has 0 aromatic heterocycles. The van der Waals surface area contributed by atoms with Gasteiger partial charge in [-0.3, -0.25) is 0 Å². The number of rotatable bonds is 5. The van der Waals surface area contributed by atoms with Crippen molar-refractivity contribution in [2.75, 3.05) is 7.11 Å². The van der Waals surface area contributed by atoms with Gasteiger partial charge in [-0.25, -0.2) is 4.79 Å². The maximum atomic E-state index is 12.4. The van der Waals surface area contributed by atoms with E-state index in [-0.39, 0.29) is 18.2 Å². The smallest absolute Gasteiger partial charge is 0.338 e. The zero-order valence-corrected chi connectivity index (χ0v) is 15.9. The van der Waals surface area contributed by atoms with Gasteiger partial charge in [-0.2, -0.15) is 0 Å². The van der Waals surface area contributed by atoms with Crippen molar-refractivity contribution < 1.29 is 19.0 Å². The minimum absolute atomic E-state index is 0.0649. The molecule has 2 aromatic carbocycles. The average molecular weight is 366 g/mol. The fourth-order valence-electron chi connectivity index (χ4n) is 3.82. The van der Waals surface area contributed by atoms with Gasteiger partial charge < -0.3 is 14.2 Å². The van der Waals surface area contributed by atoms with Crippen molar-refractivity contribution in [3.8, 4) is 16.9 Å². The number of epoxide rings is 1. The Morgan fingerprint density at radius 1 is 1.04 bits per heavy atom. The molecule has 1 saturated carbocycles. The molecule has 2 aliphatic rings. The van der Waals surface area contributed by atoms with Crippen LogP contribution in [0.2, 0.25) is 0 Å². The van der Waals surface area contributed by atoms with Crippen LogP contribution < -0.4 is 4.74 Å². The highest BCUT2D eigenvalue weighted by atomic mass is 16.6. The highest BCUT2D eigenvalue weighted by Crippen LogP contribution is 2.43. The van der Waals surface area contributed by atoms with Gasteiger partial charge in [-0.15, -0.1) is 0 Å². The fraction of sp³-hybridized carbons (Fsp3) is 0.435. The molecule has 0 N–H and O–H groups in total. The molecule has 1 aliphatic carbocycles. The van der Waals surface area contributed by atoms with Gasteiger partial charge in [-0.05, 0) is 55.9 Å². The van der Waals surface area contributed by atoms with Crippen LogP contribution in [0, 0.1) is 6.92 Å². The molecule has 4 heteroatoms. The first kappa shape index (κ1) is 18.1. The molecule has 4 rings (SSSR count). The van der Waals surface area contributed by atoms with Gasteiger partial charge in [0.25, 0.3) is 0 Å². The van der Waals surface area contributed by atoms with Crippen LogP contribution in [0.4, 0.5) is 0 Å². The first-order valence-corrected chi connectivity index (χ1v) is 9.76. The molecule has 0 amide bonds. The van der Waals surface area contributed by atoms with Crippen molar-refractivity contribution in [3.63, 3.8) is 0 Å². The van der Waals surface area contributed by atoms with E-state index in [1.165, 1.54) is 12.0 Å². The van der Waals surface area contributed by atoms with E-state index in [4.69, 9.17) is 14.2 Å². The number of hydrogen-bond acceptors (Lipinski definition) is 4. The molecule has 0 bridgehead atoms. The van der Waals surface area contributed by atoms with Crippen LogP contribution in [0.3, 0.4) is 0 Å². The van der Waals surface area contributed by atoms with E-state index in [0.29, 0.717) is 0 Å². The molecule has 1 saturated heterocycles. The fourth-order valence-corrected chi connectivity index (χ4v) is 3.82. The predicted octanol–water partition coefficient (Wildman–Crippen LogP) is 4.99. The second-order valence-corrected chi connectivity index (χ2v) is 7.50. The third kappa shape index (κ3) is 4.01. The summed E-state index contributed by atoms with van der Waals surface area (Å²) in [6.45, 7) is 2.07. The van der Waals surface area contributed by atoms with Gasteiger partial charge in [0.05, 0.1) is 7.11 Å². The van der Waals surface area contributed by atoms with E-state index in [9.17, 15) is 4.79 Å². The van der Waals surface area contributed by atoms with Crippen molar-refractivity contribution in [2.45, 2.75) is 57.3 Å². The lowest BCUT2D eigenvalue weighted by Crippen LogP contribution is -2.23. The lowest BCUT2D eigenvalue weighted by Gasteiger charge is -2.21. The lowest BCUT2D eigenvalue weighted by atomic mass is 9.97. The summed E-state index contributed by atoms with van der Waals surface area (Å²) in [4.78, 5) is 12.4. The van der Waals surface area contributed by atoms with Crippen LogP contribution in [0.5, 0.6) is 5.75 Å². The van der Waals surface area contributed by atoms with E-state index in [1.807, 2.05) is 12.1 Å². The maximum Gasteiger partial charge on any atom is 0.338 e. The Morgan fingerprint density at radius 3 is 2.48 bits per heavy atom. The van der Waals surface area contributed by atoms with E-state index in [2.05, 4.69) is 37.3 Å². The Bertz CT molecular complexity index is 806. The molecule has 0 radical (unpaired) electrons. The molecular formula is C23H26O4. The Labute approximate surface area is 160 Å². The summed E-state index contributed by atoms with van der Waals surface area (Å²) >= 11 is 0. The standard InChI is InChI=1S/C23H26O4/c1-15-8-10-16(11-9-15)19-14-17(12-13-20(19)25-2)21-22(27-21)23(24)26-18-6-4-3-5-7-18/h8-14,18,21-22H,3-7H2,1-2H3. The quantitative estimate of drug-likeness (QED) is 0.553. The second kappa shape index (κ2) is 7.73. The predicted molar refractivity (Wildman–Crippen MR) is 104 cm³/mol. The molecule has 4 nitrogen and oxygen atoms in total. The molecule has 2 unspecified atom stereocenters. The summed E-state index contributed by atoms with van der Waals surface area (Å²) in [5.74, 6) is 0.587. The number of carbonyl (C=O) groups is 1. The minimum atomic E-state index is -0.480. The normalized spacial score (nSPS) is 22.3. The minimum Gasteiger partial charge on any atom is -0.496 e. The summed E-state index contributed by atoms with van der Waals surface area (Å²) in [7, 11) is 1.67. The van der Waals surface area contributed by atoms with Gasteiger partial charge in [0.15, 0.2) is 6.10 Å². The lowest BCUT2D eigenvalue weighted by molar-refractivity contribution is -0.152. The van der Waals surface area contributed by atoms with Gasteiger partial charge in [-0.1, -0.05) is 42.3 Å². The van der Waals surface area contributed by atoms with Gasteiger partial charge in [0.2, 0.25) is 0 Å². The number of carbonyl (C=O) groups excluding carboxylic acids is 1. The Morgan fingerprint density at radius 2 is 1.78 bits per heavy atom. The third-order valence-corrected chi connectivity index (χ3v) is 5.47. The Balaban J connectivity index is 1.49. The van der Waals surface area contributed by atoms with Crippen LogP contribution in [-0.2, 0) is 14.3 Å². The first-order chi connectivity index (χ1) is 13.2. The molecule has 1 aliphatic heterocycles. The molecule has 142 valence electrons. The van der Waals surface area contributed by atoms with Crippen molar-refractivity contribution in [1.82, 2.24) is 0 Å². The van der Waals surface area contributed by atoms with Crippen molar-refractivity contribution in [1.29, 1.82) is 0 Å². The zero-order valence-electron chi connectivity index (χ0n) is 15.9. The highest BCUT2D eigenvalue weighted by Gasteiger charge is 2.48. The van der Waals surface area contributed by atoms with E-state index in [0.717, 1.165) is 48.1 Å². The van der Waals surface area contributed by atoms with Crippen LogP contribution in [0.1, 0.15) is 49.3 Å². The zero-order chi connectivity index (χ0) is 18.8. The van der Waals surface area contributed by atoms with Crippen LogP contribution in [-0.4, -0.2) is 25.3 Å². The number of aryl methyl sites for hydroxylation is 1. The summed E-state index contributed by atoms with van der Waals surface area (Å²) in [6.07, 6.45) is 4.84. The van der Waals surface area contributed by atoms with Crippen molar-refractivity contribution in [3.05, 3.63) is 53.6 Å². The molecule has 2 atom stereocenters. The summed E-state index contributed by atoms with van der Waals surface area (Å²) in [5, 5.41) is 0. The number of ether oxygens (including phenoxy) is 3. The number of hydrogen-bond donors (Lipinski definition) is 0. The molecule has 0 spiro atoms. The third-order valence-electron chi connectivity index (χ3n) is 5.47. The van der Waals surface area contributed by atoms with Crippen molar-refractivity contribution >= 4 is 5.97 Å². The van der Waals surface area contributed by atoms with E-state index in [1.54, 1.807) is 7.11 Å².